The topological polar surface area (TPSA) is 29.1 Å². The smallest absolute Gasteiger partial charge is 0.224 e. The first kappa shape index (κ1) is 15.6. The highest BCUT2D eigenvalue weighted by atomic mass is 32.2. The number of rotatable bonds is 6. The van der Waals surface area contributed by atoms with Crippen LogP contribution in [0.25, 0.3) is 10.8 Å². The van der Waals surface area contributed by atoms with Gasteiger partial charge in [0.2, 0.25) is 5.91 Å². The van der Waals surface area contributed by atoms with Gasteiger partial charge in [-0.25, -0.2) is 0 Å². The molecule has 0 aromatic heterocycles. The van der Waals surface area contributed by atoms with E-state index in [1.54, 1.807) is 11.8 Å². The van der Waals surface area contributed by atoms with Gasteiger partial charge in [0.25, 0.3) is 0 Å². The Morgan fingerprint density at radius 1 is 0.870 bits per heavy atom. The summed E-state index contributed by atoms with van der Waals surface area (Å²) < 4.78 is 0. The molecule has 116 valence electrons. The van der Waals surface area contributed by atoms with E-state index in [2.05, 4.69) is 35.6 Å². The average molecular weight is 321 g/mol. The fraction of sp³-hybridized carbons (Fsp3) is 0.150. The lowest BCUT2D eigenvalue weighted by Gasteiger charge is -2.08. The van der Waals surface area contributed by atoms with Crippen LogP contribution >= 0.6 is 11.8 Å². The van der Waals surface area contributed by atoms with Crippen molar-refractivity contribution >= 4 is 28.4 Å². The van der Waals surface area contributed by atoms with E-state index in [4.69, 9.17) is 0 Å². The summed E-state index contributed by atoms with van der Waals surface area (Å²) in [5.41, 5.74) is 1.08. The second kappa shape index (κ2) is 7.84. The minimum Gasteiger partial charge on any atom is -0.355 e. The third kappa shape index (κ3) is 4.36. The summed E-state index contributed by atoms with van der Waals surface area (Å²) in [4.78, 5) is 13.4. The van der Waals surface area contributed by atoms with E-state index in [0.717, 1.165) is 16.7 Å². The van der Waals surface area contributed by atoms with E-state index < -0.39 is 0 Å². The number of carbonyl (C=O) groups excluding carboxylic acids is 1. The zero-order valence-electron chi connectivity index (χ0n) is 12.9. The van der Waals surface area contributed by atoms with Crippen molar-refractivity contribution in [1.82, 2.24) is 5.32 Å². The number of nitrogens with one attached hydrogen (secondary N) is 1. The molecule has 0 bridgehead atoms. The highest BCUT2D eigenvalue weighted by Gasteiger charge is 2.06. The molecule has 23 heavy (non-hydrogen) atoms. The third-order valence-electron chi connectivity index (χ3n) is 3.67. The number of fused-ring (bicyclic) bond motifs is 1. The van der Waals surface area contributed by atoms with Crippen LogP contribution in [0.5, 0.6) is 0 Å². The van der Waals surface area contributed by atoms with Gasteiger partial charge < -0.3 is 5.32 Å². The van der Waals surface area contributed by atoms with Gasteiger partial charge in [-0.05, 0) is 28.5 Å². The fourth-order valence-corrected chi connectivity index (χ4v) is 3.35. The molecule has 0 atom stereocenters. The van der Waals surface area contributed by atoms with Crippen molar-refractivity contribution in [3.8, 4) is 0 Å². The Morgan fingerprint density at radius 2 is 1.61 bits per heavy atom. The maximum absolute atomic E-state index is 12.1. The molecule has 3 heteroatoms. The summed E-state index contributed by atoms with van der Waals surface area (Å²) in [6.07, 6.45) is 0.428. The van der Waals surface area contributed by atoms with Gasteiger partial charge in [0.05, 0.1) is 6.42 Å². The zero-order valence-corrected chi connectivity index (χ0v) is 13.7. The summed E-state index contributed by atoms with van der Waals surface area (Å²) >= 11 is 1.76. The number of amides is 1. The molecule has 0 spiro atoms. The molecular formula is C20H19NOS. The predicted molar refractivity (Wildman–Crippen MR) is 97.8 cm³/mol. The van der Waals surface area contributed by atoms with E-state index >= 15 is 0 Å². The summed E-state index contributed by atoms with van der Waals surface area (Å²) in [6, 6.07) is 24.5. The van der Waals surface area contributed by atoms with E-state index in [0.29, 0.717) is 13.0 Å². The van der Waals surface area contributed by atoms with Crippen molar-refractivity contribution in [1.29, 1.82) is 0 Å². The molecule has 3 aromatic carbocycles. The summed E-state index contributed by atoms with van der Waals surface area (Å²) in [5.74, 6) is 0.959. The lowest BCUT2D eigenvalue weighted by Crippen LogP contribution is -2.27. The first-order valence-corrected chi connectivity index (χ1v) is 8.73. The molecule has 2 nitrogen and oxygen atoms in total. The largest absolute Gasteiger partial charge is 0.355 e. The fourth-order valence-electron chi connectivity index (χ4n) is 2.56. The maximum Gasteiger partial charge on any atom is 0.224 e. The molecule has 0 aliphatic heterocycles. The standard InChI is InChI=1S/C20H19NOS/c22-20(21-13-14-23-18-10-2-1-3-11-18)15-17-9-6-8-16-7-4-5-12-19(16)17/h1-12H,13-15H2,(H,21,22). The molecule has 1 amide bonds. The van der Waals surface area contributed by atoms with E-state index in [-0.39, 0.29) is 5.91 Å². The van der Waals surface area contributed by atoms with Crippen molar-refractivity contribution in [3.63, 3.8) is 0 Å². The second-order valence-electron chi connectivity index (χ2n) is 5.33. The Kier molecular flexibility index (Phi) is 5.33. The van der Waals surface area contributed by atoms with Crippen LogP contribution in [0.15, 0.2) is 77.7 Å². The lowest BCUT2D eigenvalue weighted by atomic mass is 10.0. The quantitative estimate of drug-likeness (QED) is 0.542. The Balaban J connectivity index is 1.51. The molecule has 0 saturated carbocycles. The zero-order chi connectivity index (χ0) is 15.9. The number of carbonyl (C=O) groups is 1. The van der Waals surface area contributed by atoms with Crippen LogP contribution in [-0.2, 0) is 11.2 Å². The van der Waals surface area contributed by atoms with Gasteiger partial charge >= 0.3 is 0 Å². The first-order chi connectivity index (χ1) is 11.3. The van der Waals surface area contributed by atoms with Crippen LogP contribution < -0.4 is 5.32 Å². The molecule has 0 heterocycles. The van der Waals surface area contributed by atoms with Gasteiger partial charge in [-0.15, -0.1) is 11.8 Å². The van der Waals surface area contributed by atoms with Gasteiger partial charge in [0.1, 0.15) is 0 Å². The van der Waals surface area contributed by atoms with Gasteiger partial charge in [0.15, 0.2) is 0 Å². The summed E-state index contributed by atoms with van der Waals surface area (Å²) in [6.45, 7) is 0.684. The van der Waals surface area contributed by atoms with Crippen LogP contribution in [0.3, 0.4) is 0 Å². The molecule has 0 saturated heterocycles. The molecule has 3 rings (SSSR count). The van der Waals surface area contributed by atoms with Crippen LogP contribution in [0.2, 0.25) is 0 Å². The Labute approximate surface area is 140 Å². The number of hydrogen-bond donors (Lipinski definition) is 1. The molecule has 1 N–H and O–H groups in total. The van der Waals surface area contributed by atoms with Crippen LogP contribution in [0, 0.1) is 0 Å². The second-order valence-corrected chi connectivity index (χ2v) is 6.49. The van der Waals surface area contributed by atoms with E-state index in [9.17, 15) is 4.79 Å². The molecule has 0 fully saturated rings. The normalized spacial score (nSPS) is 10.6. The van der Waals surface area contributed by atoms with Gasteiger partial charge in [-0.2, -0.15) is 0 Å². The van der Waals surface area contributed by atoms with Gasteiger partial charge in [-0.3, -0.25) is 4.79 Å². The van der Waals surface area contributed by atoms with E-state index in [1.807, 2.05) is 42.5 Å². The maximum atomic E-state index is 12.1. The summed E-state index contributed by atoms with van der Waals surface area (Å²) in [5, 5.41) is 5.34. The molecule has 0 aliphatic rings. The lowest BCUT2D eigenvalue weighted by molar-refractivity contribution is -0.120. The molecule has 0 aliphatic carbocycles. The number of hydrogen-bond acceptors (Lipinski definition) is 2. The Hall–Kier alpha value is -2.26. The highest BCUT2D eigenvalue weighted by molar-refractivity contribution is 7.99. The van der Waals surface area contributed by atoms with Crippen LogP contribution in [0.1, 0.15) is 5.56 Å². The molecule has 3 aromatic rings. The molecular weight excluding hydrogens is 302 g/mol. The van der Waals surface area contributed by atoms with Crippen molar-refractivity contribution < 1.29 is 4.79 Å². The van der Waals surface area contributed by atoms with Gasteiger partial charge in [0, 0.05) is 17.2 Å². The molecule has 0 radical (unpaired) electrons. The van der Waals surface area contributed by atoms with Gasteiger partial charge in [-0.1, -0.05) is 60.7 Å². The first-order valence-electron chi connectivity index (χ1n) is 7.74. The van der Waals surface area contributed by atoms with Crippen molar-refractivity contribution in [2.75, 3.05) is 12.3 Å². The molecule has 0 unspecified atom stereocenters. The Bertz CT molecular complexity index is 781. The SMILES string of the molecule is O=C(Cc1cccc2ccccc12)NCCSc1ccccc1. The van der Waals surface area contributed by atoms with Crippen LogP contribution in [0.4, 0.5) is 0 Å². The van der Waals surface area contributed by atoms with E-state index in [1.165, 1.54) is 10.3 Å². The third-order valence-corrected chi connectivity index (χ3v) is 4.68. The van der Waals surface area contributed by atoms with Crippen LogP contribution in [-0.4, -0.2) is 18.2 Å². The highest BCUT2D eigenvalue weighted by Crippen LogP contribution is 2.19. The minimum absolute atomic E-state index is 0.0787. The number of benzene rings is 3. The number of thioether (sulfide) groups is 1. The minimum atomic E-state index is 0.0787. The Morgan fingerprint density at radius 3 is 2.48 bits per heavy atom. The van der Waals surface area contributed by atoms with Crippen molar-refractivity contribution in [2.45, 2.75) is 11.3 Å². The summed E-state index contributed by atoms with van der Waals surface area (Å²) in [7, 11) is 0. The predicted octanol–water partition coefficient (Wildman–Crippen LogP) is 4.29. The monoisotopic (exact) mass is 321 g/mol. The average Bonchev–Trinajstić information content (AvgIpc) is 2.60. The van der Waals surface area contributed by atoms with Crippen molar-refractivity contribution in [3.05, 3.63) is 78.4 Å². The van der Waals surface area contributed by atoms with Crippen molar-refractivity contribution in [2.24, 2.45) is 0 Å².